The van der Waals surface area contributed by atoms with E-state index in [0.717, 1.165) is 17.8 Å². The number of aromatic nitrogens is 2. The van der Waals surface area contributed by atoms with Crippen molar-refractivity contribution in [1.29, 1.82) is 0 Å². The van der Waals surface area contributed by atoms with Crippen LogP contribution in [0.2, 0.25) is 0 Å². The maximum atomic E-state index is 12.0. The Morgan fingerprint density at radius 1 is 1.14 bits per heavy atom. The van der Waals surface area contributed by atoms with E-state index < -0.39 is 0 Å². The van der Waals surface area contributed by atoms with Gasteiger partial charge in [-0.3, -0.25) is 4.79 Å². The van der Waals surface area contributed by atoms with Gasteiger partial charge in [0.05, 0.1) is 6.54 Å². The average molecular weight is 319 g/mol. The number of hydrogen-bond acceptors (Lipinski definition) is 5. The van der Waals surface area contributed by atoms with E-state index >= 15 is 0 Å². The molecule has 0 radical (unpaired) electrons. The molecule has 0 fully saturated rings. The molecule has 2 rings (SSSR count). The van der Waals surface area contributed by atoms with Gasteiger partial charge < -0.3 is 16.0 Å². The number of hydrogen-bond donors (Lipinski definition) is 3. The van der Waals surface area contributed by atoms with Gasteiger partial charge in [0.25, 0.3) is 5.91 Å². The quantitative estimate of drug-likeness (QED) is 0.759. The Balaban J connectivity index is 1.85. The van der Waals surface area contributed by atoms with Crippen molar-refractivity contribution >= 4 is 29.0 Å². The first-order chi connectivity index (χ1) is 10.7. The average Bonchev–Trinajstić information content (AvgIpc) is 3.01. The van der Waals surface area contributed by atoms with E-state index in [1.165, 1.54) is 0 Å². The van der Waals surface area contributed by atoms with Crippen LogP contribution in [0.1, 0.15) is 28.2 Å². The first kappa shape index (κ1) is 15.9. The molecule has 3 amide bonds. The molecule has 22 heavy (non-hydrogen) atoms. The summed E-state index contributed by atoms with van der Waals surface area (Å²) in [5, 5.41) is 16.7. The molecule has 0 aliphatic rings. The standard InChI is InChI=1S/C14H17N5O2S/c1-2-8-15-14(21)16-9-11-18-19-13(22-11)12(20)17-10-6-4-3-5-7-10/h3-7H,2,8-9H2,1H3,(H,17,20)(H2,15,16,21). The minimum Gasteiger partial charge on any atom is -0.338 e. The maximum absolute atomic E-state index is 12.0. The van der Waals surface area contributed by atoms with Crippen molar-refractivity contribution in [2.45, 2.75) is 19.9 Å². The fourth-order valence-corrected chi connectivity index (χ4v) is 2.25. The van der Waals surface area contributed by atoms with Gasteiger partial charge in [-0.2, -0.15) is 0 Å². The number of carbonyl (C=O) groups is 2. The Kier molecular flexibility index (Phi) is 5.84. The Morgan fingerprint density at radius 3 is 2.64 bits per heavy atom. The molecule has 7 nitrogen and oxygen atoms in total. The zero-order valence-corrected chi connectivity index (χ0v) is 12.9. The minimum absolute atomic E-state index is 0.242. The van der Waals surface area contributed by atoms with Crippen LogP contribution in [0.3, 0.4) is 0 Å². The highest BCUT2D eigenvalue weighted by atomic mass is 32.1. The zero-order chi connectivity index (χ0) is 15.8. The molecular weight excluding hydrogens is 302 g/mol. The van der Waals surface area contributed by atoms with Crippen molar-refractivity contribution in [1.82, 2.24) is 20.8 Å². The fourth-order valence-electron chi connectivity index (χ4n) is 1.58. The summed E-state index contributed by atoms with van der Waals surface area (Å²) in [5.74, 6) is -0.314. The van der Waals surface area contributed by atoms with Crippen LogP contribution in [0, 0.1) is 0 Å². The Labute approximate surface area is 132 Å². The van der Waals surface area contributed by atoms with Crippen LogP contribution in [-0.4, -0.2) is 28.7 Å². The summed E-state index contributed by atoms with van der Waals surface area (Å²) in [5.41, 5.74) is 0.696. The molecule has 0 saturated carbocycles. The van der Waals surface area contributed by atoms with Crippen molar-refractivity contribution in [2.75, 3.05) is 11.9 Å². The SMILES string of the molecule is CCCNC(=O)NCc1nnc(C(=O)Nc2ccccc2)s1. The molecule has 0 spiro atoms. The smallest absolute Gasteiger partial charge is 0.315 e. The molecule has 3 N–H and O–H groups in total. The lowest BCUT2D eigenvalue weighted by molar-refractivity contribution is 0.102. The van der Waals surface area contributed by atoms with E-state index in [9.17, 15) is 9.59 Å². The van der Waals surface area contributed by atoms with E-state index in [0.29, 0.717) is 17.2 Å². The number of para-hydroxylation sites is 1. The maximum Gasteiger partial charge on any atom is 0.315 e. The summed E-state index contributed by atoms with van der Waals surface area (Å²) in [6.45, 7) is 2.83. The number of anilines is 1. The Morgan fingerprint density at radius 2 is 1.91 bits per heavy atom. The third-order valence-electron chi connectivity index (χ3n) is 2.63. The van der Waals surface area contributed by atoms with Crippen LogP contribution < -0.4 is 16.0 Å². The molecule has 0 unspecified atom stereocenters. The van der Waals surface area contributed by atoms with Gasteiger partial charge in [0.1, 0.15) is 5.01 Å². The van der Waals surface area contributed by atoms with E-state index in [1.54, 1.807) is 12.1 Å². The second kappa shape index (κ2) is 8.08. The first-order valence-electron chi connectivity index (χ1n) is 6.89. The molecule has 0 aliphatic heterocycles. The van der Waals surface area contributed by atoms with Crippen LogP contribution in [-0.2, 0) is 6.54 Å². The number of urea groups is 1. The highest BCUT2D eigenvalue weighted by Gasteiger charge is 2.13. The number of amides is 3. The summed E-state index contributed by atoms with van der Waals surface area (Å²) >= 11 is 1.15. The van der Waals surface area contributed by atoms with E-state index in [1.807, 2.05) is 25.1 Å². The van der Waals surface area contributed by atoms with Gasteiger partial charge in [-0.25, -0.2) is 4.79 Å². The highest BCUT2D eigenvalue weighted by Crippen LogP contribution is 2.12. The van der Waals surface area contributed by atoms with Gasteiger partial charge in [-0.15, -0.1) is 10.2 Å². The predicted molar refractivity (Wildman–Crippen MR) is 84.8 cm³/mol. The summed E-state index contributed by atoms with van der Waals surface area (Å²) in [7, 11) is 0. The lowest BCUT2D eigenvalue weighted by Crippen LogP contribution is -2.35. The van der Waals surface area contributed by atoms with Gasteiger partial charge in [0, 0.05) is 12.2 Å². The van der Waals surface area contributed by atoms with Crippen LogP contribution in [0.5, 0.6) is 0 Å². The number of rotatable bonds is 6. The lowest BCUT2D eigenvalue weighted by atomic mass is 10.3. The Bertz CT molecular complexity index is 629. The Hall–Kier alpha value is -2.48. The monoisotopic (exact) mass is 319 g/mol. The molecule has 1 heterocycles. The molecule has 1 aromatic carbocycles. The molecule has 2 aromatic rings. The number of benzene rings is 1. The highest BCUT2D eigenvalue weighted by molar-refractivity contribution is 7.13. The molecule has 0 atom stereocenters. The predicted octanol–water partition coefficient (Wildman–Crippen LogP) is 2.00. The first-order valence-corrected chi connectivity index (χ1v) is 7.71. The summed E-state index contributed by atoms with van der Waals surface area (Å²) in [6.07, 6.45) is 0.871. The second-order valence-corrected chi connectivity index (χ2v) is 5.49. The van der Waals surface area contributed by atoms with Crippen molar-refractivity contribution < 1.29 is 9.59 Å². The molecule has 0 bridgehead atoms. The zero-order valence-electron chi connectivity index (χ0n) is 12.1. The molecular formula is C14H17N5O2S. The third kappa shape index (κ3) is 4.81. The largest absolute Gasteiger partial charge is 0.338 e. The van der Waals surface area contributed by atoms with Gasteiger partial charge in [0.2, 0.25) is 5.01 Å². The van der Waals surface area contributed by atoms with Gasteiger partial charge in [0.15, 0.2) is 0 Å². The summed E-state index contributed by atoms with van der Waals surface area (Å²) in [6, 6.07) is 8.86. The summed E-state index contributed by atoms with van der Waals surface area (Å²) in [4.78, 5) is 23.4. The van der Waals surface area contributed by atoms with Crippen molar-refractivity contribution in [3.05, 3.63) is 40.3 Å². The van der Waals surface area contributed by atoms with Crippen LogP contribution >= 0.6 is 11.3 Å². The molecule has 0 aliphatic carbocycles. The third-order valence-corrected chi connectivity index (χ3v) is 3.55. The van der Waals surface area contributed by atoms with Gasteiger partial charge >= 0.3 is 6.03 Å². The van der Waals surface area contributed by atoms with Crippen molar-refractivity contribution in [3.8, 4) is 0 Å². The molecule has 8 heteroatoms. The molecule has 1 aromatic heterocycles. The van der Waals surface area contributed by atoms with Crippen molar-refractivity contribution in [2.24, 2.45) is 0 Å². The number of nitrogens with zero attached hydrogens (tertiary/aromatic N) is 2. The minimum atomic E-state index is -0.314. The van der Waals surface area contributed by atoms with E-state index in [-0.39, 0.29) is 23.5 Å². The number of nitrogens with one attached hydrogen (secondary N) is 3. The van der Waals surface area contributed by atoms with Crippen LogP contribution in [0.4, 0.5) is 10.5 Å². The molecule has 0 saturated heterocycles. The van der Waals surface area contributed by atoms with E-state index in [2.05, 4.69) is 26.1 Å². The second-order valence-electron chi connectivity index (χ2n) is 4.43. The number of carbonyl (C=O) groups excluding carboxylic acids is 2. The van der Waals surface area contributed by atoms with Gasteiger partial charge in [-0.1, -0.05) is 36.5 Å². The fraction of sp³-hybridized carbons (Fsp3) is 0.286. The van der Waals surface area contributed by atoms with Crippen LogP contribution in [0.25, 0.3) is 0 Å². The lowest BCUT2D eigenvalue weighted by Gasteiger charge is -2.03. The van der Waals surface area contributed by atoms with Gasteiger partial charge in [-0.05, 0) is 18.6 Å². The van der Waals surface area contributed by atoms with Crippen molar-refractivity contribution in [3.63, 3.8) is 0 Å². The van der Waals surface area contributed by atoms with E-state index in [4.69, 9.17) is 0 Å². The molecule has 116 valence electrons. The normalized spacial score (nSPS) is 10.0. The van der Waals surface area contributed by atoms with Crippen LogP contribution in [0.15, 0.2) is 30.3 Å². The topological polar surface area (TPSA) is 96.0 Å². The summed E-state index contributed by atoms with van der Waals surface area (Å²) < 4.78 is 0.